The smallest absolute Gasteiger partial charge is 0.281 e. The second-order valence-electron chi connectivity index (χ2n) is 5.88. The van der Waals surface area contributed by atoms with E-state index in [9.17, 15) is 14.9 Å². The summed E-state index contributed by atoms with van der Waals surface area (Å²) in [4.78, 5) is 22.7. The van der Waals surface area contributed by atoms with Crippen LogP contribution in [0.1, 0.15) is 29.8 Å². The second-order valence-corrected chi connectivity index (χ2v) is 5.88. The lowest BCUT2D eigenvalue weighted by atomic mass is 10.2. The molecule has 118 valence electrons. The highest BCUT2D eigenvalue weighted by Gasteiger charge is 2.48. The van der Waals surface area contributed by atoms with E-state index < -0.39 is 5.66 Å². The maximum absolute atomic E-state index is 12.2. The zero-order valence-corrected chi connectivity index (χ0v) is 12.9. The molecule has 0 saturated heterocycles. The molecule has 0 atom stereocenters. The van der Waals surface area contributed by atoms with Gasteiger partial charge in [-0.05, 0) is 42.0 Å². The molecule has 0 N–H and O–H groups in total. The number of ether oxygens (including phenoxy) is 1. The van der Waals surface area contributed by atoms with Crippen molar-refractivity contribution in [1.29, 1.82) is 0 Å². The van der Waals surface area contributed by atoms with Gasteiger partial charge in [0.25, 0.3) is 11.4 Å². The Morgan fingerprint density at radius 2 is 1.91 bits per heavy atom. The maximum Gasteiger partial charge on any atom is 0.281 e. The van der Waals surface area contributed by atoms with Crippen LogP contribution in [0.5, 0.6) is 5.75 Å². The average molecular weight is 312 g/mol. The summed E-state index contributed by atoms with van der Waals surface area (Å²) >= 11 is 0. The fraction of sp³-hybridized carbons (Fsp3) is 0.235. The number of carbonyl (C=O) groups excluding carboxylic acids is 1. The molecule has 2 aromatic carbocycles. The molecule has 3 rings (SSSR count). The highest BCUT2D eigenvalue weighted by molar-refractivity contribution is 5.74. The van der Waals surface area contributed by atoms with Gasteiger partial charge in [-0.3, -0.25) is 4.79 Å². The Morgan fingerprint density at radius 1 is 1.22 bits per heavy atom. The van der Waals surface area contributed by atoms with Crippen molar-refractivity contribution in [3.8, 4) is 5.75 Å². The number of nitroso groups, excluding NO2 is 1. The van der Waals surface area contributed by atoms with E-state index in [1.165, 1.54) is 0 Å². The second kappa shape index (κ2) is 5.48. The first kappa shape index (κ1) is 15.2. The summed E-state index contributed by atoms with van der Waals surface area (Å²) in [6.07, 6.45) is 0.767. The van der Waals surface area contributed by atoms with E-state index in [4.69, 9.17) is 4.74 Å². The Hall–Kier alpha value is -2.73. The van der Waals surface area contributed by atoms with Crippen LogP contribution in [0.25, 0.3) is 0 Å². The summed E-state index contributed by atoms with van der Waals surface area (Å²) in [7, 11) is 0. The lowest BCUT2D eigenvalue weighted by Crippen LogP contribution is -2.41. The highest BCUT2D eigenvalue weighted by atomic mass is 16.5. The Bertz CT molecular complexity index is 769. The van der Waals surface area contributed by atoms with Crippen LogP contribution in [0.4, 0.5) is 11.4 Å². The van der Waals surface area contributed by atoms with Crippen molar-refractivity contribution in [3.05, 3.63) is 63.7 Å². The molecule has 6 heteroatoms. The van der Waals surface area contributed by atoms with E-state index in [1.807, 2.05) is 0 Å². The number of fused-ring (bicyclic) bond motifs is 1. The number of aldehydes is 1. The van der Waals surface area contributed by atoms with E-state index in [0.717, 1.165) is 21.7 Å². The van der Waals surface area contributed by atoms with Gasteiger partial charge in [0.1, 0.15) is 24.3 Å². The number of hydrogen-bond acceptors (Lipinski definition) is 5. The zero-order valence-electron chi connectivity index (χ0n) is 12.9. The van der Waals surface area contributed by atoms with Crippen molar-refractivity contribution >= 4 is 17.7 Å². The number of hydroxylamine groups is 1. The quantitative estimate of drug-likeness (QED) is 0.637. The van der Waals surface area contributed by atoms with Crippen LogP contribution >= 0.6 is 0 Å². The van der Waals surface area contributed by atoms with Crippen LogP contribution in [-0.2, 0) is 6.61 Å². The topological polar surface area (TPSA) is 72.7 Å². The molecule has 0 bridgehead atoms. The first-order valence-electron chi connectivity index (χ1n) is 7.19. The summed E-state index contributed by atoms with van der Waals surface area (Å²) in [5, 5.41) is 12.9. The predicted octanol–water partition coefficient (Wildman–Crippen LogP) is 3.54. The molecule has 0 aliphatic carbocycles. The van der Waals surface area contributed by atoms with Crippen molar-refractivity contribution in [2.45, 2.75) is 26.1 Å². The molecule has 1 heterocycles. The SMILES string of the molecule is CC1(C)N([O-])c2cc(COc3ccc(C=O)cc3)ccc2[N+]1=O. The van der Waals surface area contributed by atoms with Crippen LogP contribution in [0.2, 0.25) is 0 Å². The monoisotopic (exact) mass is 312 g/mol. The molecule has 0 spiro atoms. The highest BCUT2D eigenvalue weighted by Crippen LogP contribution is 2.43. The van der Waals surface area contributed by atoms with Crippen molar-refractivity contribution in [1.82, 2.24) is 0 Å². The summed E-state index contributed by atoms with van der Waals surface area (Å²) in [5.74, 6) is 0.626. The van der Waals surface area contributed by atoms with Gasteiger partial charge in [0.05, 0.1) is 4.76 Å². The van der Waals surface area contributed by atoms with Crippen LogP contribution in [0, 0.1) is 10.1 Å². The molecule has 0 amide bonds. The molecule has 1 aliphatic rings. The third-order valence-electron chi connectivity index (χ3n) is 3.89. The van der Waals surface area contributed by atoms with Crippen LogP contribution in [0.3, 0.4) is 0 Å². The minimum absolute atomic E-state index is 0.265. The fourth-order valence-corrected chi connectivity index (χ4v) is 2.47. The lowest BCUT2D eigenvalue weighted by Gasteiger charge is -2.30. The van der Waals surface area contributed by atoms with E-state index in [2.05, 4.69) is 0 Å². The molecule has 0 radical (unpaired) electrons. The van der Waals surface area contributed by atoms with Gasteiger partial charge in [0.15, 0.2) is 0 Å². The summed E-state index contributed by atoms with van der Waals surface area (Å²) < 4.78 is 6.36. The van der Waals surface area contributed by atoms with Crippen LogP contribution < -0.4 is 9.80 Å². The Morgan fingerprint density at radius 3 is 2.57 bits per heavy atom. The first-order chi connectivity index (χ1) is 10.9. The van der Waals surface area contributed by atoms with Gasteiger partial charge >= 0.3 is 0 Å². The van der Waals surface area contributed by atoms with Gasteiger partial charge in [-0.1, -0.05) is 0 Å². The number of benzene rings is 2. The largest absolute Gasteiger partial charge is 0.753 e. The Kier molecular flexibility index (Phi) is 3.61. The van der Waals surface area contributed by atoms with Crippen molar-refractivity contribution in [3.63, 3.8) is 0 Å². The summed E-state index contributed by atoms with van der Waals surface area (Å²) in [6.45, 7) is 3.43. The van der Waals surface area contributed by atoms with Gasteiger partial charge in [0, 0.05) is 30.4 Å². The van der Waals surface area contributed by atoms with Crippen molar-refractivity contribution in [2.24, 2.45) is 0 Å². The standard InChI is InChI=1S/C17H16N2O4/c1-17(2)18(21)15-8-5-13(9-16(15)19(17)22)11-23-14-6-3-12(10-20)4-7-14/h3-10H,11H2,1-2H3. The Labute approximate surface area is 133 Å². The normalized spacial score (nSPS) is 15.4. The number of rotatable bonds is 4. The number of hydrogen-bond donors (Lipinski definition) is 0. The molecule has 23 heavy (non-hydrogen) atoms. The molecule has 1 aliphatic heterocycles. The van der Waals surface area contributed by atoms with Gasteiger partial charge in [-0.25, -0.2) is 0 Å². The third kappa shape index (κ3) is 2.57. The summed E-state index contributed by atoms with van der Waals surface area (Å²) in [6, 6.07) is 11.8. The van der Waals surface area contributed by atoms with Gasteiger partial charge < -0.3 is 15.0 Å². The van der Waals surface area contributed by atoms with Gasteiger partial charge in [-0.2, -0.15) is 0 Å². The third-order valence-corrected chi connectivity index (χ3v) is 3.89. The molecular formula is C17H16N2O4. The average Bonchev–Trinajstić information content (AvgIpc) is 2.74. The molecule has 0 fully saturated rings. The molecular weight excluding hydrogens is 296 g/mol. The number of nitrogens with zero attached hydrogens (tertiary/aromatic N) is 2. The van der Waals surface area contributed by atoms with E-state index in [-0.39, 0.29) is 6.61 Å². The van der Waals surface area contributed by atoms with Crippen LogP contribution in [0.15, 0.2) is 42.5 Å². The van der Waals surface area contributed by atoms with Crippen LogP contribution in [-0.4, -0.2) is 16.7 Å². The molecule has 0 unspecified atom stereocenters. The van der Waals surface area contributed by atoms with Gasteiger partial charge in [0.2, 0.25) is 0 Å². The molecule has 2 aromatic rings. The minimum atomic E-state index is -1.15. The zero-order chi connectivity index (χ0) is 16.6. The predicted molar refractivity (Wildman–Crippen MR) is 85.8 cm³/mol. The maximum atomic E-state index is 12.2. The molecule has 6 nitrogen and oxygen atoms in total. The lowest BCUT2D eigenvalue weighted by molar-refractivity contribution is -0.532. The van der Waals surface area contributed by atoms with Crippen molar-refractivity contribution < 1.29 is 14.3 Å². The number of anilines is 1. The summed E-state index contributed by atoms with van der Waals surface area (Å²) in [5.41, 5.74) is 0.934. The Balaban J connectivity index is 1.77. The van der Waals surface area contributed by atoms with E-state index in [1.54, 1.807) is 56.3 Å². The molecule has 0 aromatic heterocycles. The van der Waals surface area contributed by atoms with E-state index >= 15 is 0 Å². The minimum Gasteiger partial charge on any atom is -0.753 e. The van der Waals surface area contributed by atoms with Gasteiger partial charge in [-0.15, -0.1) is 0 Å². The van der Waals surface area contributed by atoms with E-state index in [0.29, 0.717) is 22.7 Å². The first-order valence-corrected chi connectivity index (χ1v) is 7.19. The van der Waals surface area contributed by atoms with Crippen molar-refractivity contribution in [2.75, 3.05) is 5.06 Å². The number of carbonyl (C=O) groups is 1. The molecule has 0 saturated carbocycles. The fourth-order valence-electron chi connectivity index (χ4n) is 2.47.